The van der Waals surface area contributed by atoms with Gasteiger partial charge in [-0.1, -0.05) is 29.8 Å². The van der Waals surface area contributed by atoms with Crippen LogP contribution in [0.4, 0.5) is 10.7 Å². The molecule has 4 rings (SSSR count). The number of nitrogens with zero attached hydrogens (tertiary/aromatic N) is 4. The van der Waals surface area contributed by atoms with E-state index in [4.69, 9.17) is 27.1 Å². The van der Waals surface area contributed by atoms with Gasteiger partial charge in [0.1, 0.15) is 16.8 Å². The number of hydrogen-bond donors (Lipinski definition) is 2. The largest absolute Gasteiger partial charge is 0.444 e. The second-order valence-electron chi connectivity index (χ2n) is 10.0. The van der Waals surface area contributed by atoms with E-state index in [1.165, 1.54) is 17.7 Å². The highest BCUT2D eigenvalue weighted by atomic mass is 35.5. The number of benzene rings is 1. The number of ether oxygens (including phenoxy) is 1. The lowest BCUT2D eigenvalue weighted by molar-refractivity contribution is 0.0499. The minimum absolute atomic E-state index is 0.0737. The lowest BCUT2D eigenvalue weighted by Crippen LogP contribution is -2.49. The first-order valence-corrected chi connectivity index (χ1v) is 12.2. The molecule has 0 radical (unpaired) electrons. The minimum atomic E-state index is -0.710. The van der Waals surface area contributed by atoms with Gasteiger partial charge in [-0.25, -0.2) is 9.78 Å². The normalized spacial score (nSPS) is 16.2. The van der Waals surface area contributed by atoms with Crippen LogP contribution in [0.5, 0.6) is 0 Å². The fourth-order valence-corrected chi connectivity index (χ4v) is 4.65. The third kappa shape index (κ3) is 5.33. The Balaban J connectivity index is 1.76. The van der Waals surface area contributed by atoms with Crippen molar-refractivity contribution in [2.24, 2.45) is 12.8 Å². The first kappa shape index (κ1) is 25.6. The highest BCUT2D eigenvalue weighted by Crippen LogP contribution is 2.27. The van der Waals surface area contributed by atoms with Crippen LogP contribution in [0.2, 0.25) is 5.02 Å². The number of hydrogen-bond acceptors (Lipinski definition) is 6. The van der Waals surface area contributed by atoms with Crippen molar-refractivity contribution in [2.45, 2.75) is 51.8 Å². The molecular weight excluding hydrogens is 484 g/mol. The van der Waals surface area contributed by atoms with E-state index in [1.807, 2.05) is 48.4 Å². The van der Waals surface area contributed by atoms with E-state index in [9.17, 15) is 14.4 Å². The third-order valence-electron chi connectivity index (χ3n) is 6.08. The molecule has 2 amide bonds. The van der Waals surface area contributed by atoms with Crippen molar-refractivity contribution in [2.75, 3.05) is 18.0 Å². The molecule has 0 saturated carbocycles. The molecule has 1 fully saturated rings. The second-order valence-corrected chi connectivity index (χ2v) is 10.4. The molecule has 36 heavy (non-hydrogen) atoms. The van der Waals surface area contributed by atoms with Crippen molar-refractivity contribution in [3.05, 3.63) is 57.0 Å². The van der Waals surface area contributed by atoms with Crippen LogP contribution < -0.4 is 21.5 Å². The second kappa shape index (κ2) is 9.85. The van der Waals surface area contributed by atoms with E-state index in [0.29, 0.717) is 41.6 Å². The van der Waals surface area contributed by atoms with Gasteiger partial charge in [0.15, 0.2) is 0 Å². The Kier molecular flexibility index (Phi) is 6.99. The van der Waals surface area contributed by atoms with Crippen molar-refractivity contribution in [3.63, 3.8) is 0 Å². The zero-order valence-corrected chi connectivity index (χ0v) is 21.6. The summed E-state index contributed by atoms with van der Waals surface area (Å²) in [5.41, 5.74) is 6.13. The lowest BCUT2D eigenvalue weighted by atomic mass is 10.1. The number of carbonyl (C=O) groups excluding carboxylic acids is 2. The van der Waals surface area contributed by atoms with Crippen LogP contribution in [0.1, 0.15) is 49.7 Å². The van der Waals surface area contributed by atoms with Gasteiger partial charge in [0.2, 0.25) is 5.95 Å². The molecule has 11 heteroatoms. The molecule has 3 N–H and O–H groups in total. The minimum Gasteiger partial charge on any atom is -0.444 e. The molecule has 0 spiro atoms. The molecule has 2 aromatic heterocycles. The van der Waals surface area contributed by atoms with E-state index in [2.05, 4.69) is 5.32 Å². The third-order valence-corrected chi connectivity index (χ3v) is 6.45. The Morgan fingerprint density at radius 3 is 2.67 bits per heavy atom. The summed E-state index contributed by atoms with van der Waals surface area (Å²) >= 11 is 6.45. The van der Waals surface area contributed by atoms with Crippen molar-refractivity contribution in [1.29, 1.82) is 0 Å². The number of carbonyl (C=O) groups is 2. The zero-order valence-electron chi connectivity index (χ0n) is 20.9. The van der Waals surface area contributed by atoms with Gasteiger partial charge in [-0.15, -0.1) is 0 Å². The van der Waals surface area contributed by atoms with Gasteiger partial charge >= 0.3 is 6.09 Å². The Labute approximate surface area is 214 Å². The van der Waals surface area contributed by atoms with Crippen molar-refractivity contribution < 1.29 is 14.3 Å². The molecule has 10 nitrogen and oxygen atoms in total. The van der Waals surface area contributed by atoms with Gasteiger partial charge in [-0.05, 0) is 51.3 Å². The number of aromatic nitrogens is 3. The van der Waals surface area contributed by atoms with Crippen LogP contribution in [0.3, 0.4) is 0 Å². The van der Waals surface area contributed by atoms with Crippen LogP contribution in [0.25, 0.3) is 11.0 Å². The highest BCUT2D eigenvalue weighted by Gasteiger charge is 2.28. The van der Waals surface area contributed by atoms with Crippen molar-refractivity contribution in [3.8, 4) is 0 Å². The Morgan fingerprint density at radius 1 is 1.28 bits per heavy atom. The number of nitrogens with two attached hydrogens (primary N) is 1. The van der Waals surface area contributed by atoms with Gasteiger partial charge < -0.3 is 29.8 Å². The number of alkyl carbamates (subject to hydrolysis) is 1. The summed E-state index contributed by atoms with van der Waals surface area (Å²) in [5, 5.41) is 3.51. The quantitative estimate of drug-likeness (QED) is 0.539. The maximum atomic E-state index is 13.4. The molecule has 3 heterocycles. The van der Waals surface area contributed by atoms with Crippen LogP contribution in [0, 0.1) is 0 Å². The average Bonchev–Trinajstić information content (AvgIpc) is 3.15. The van der Waals surface area contributed by atoms with E-state index in [0.717, 1.165) is 18.4 Å². The van der Waals surface area contributed by atoms with Gasteiger partial charge in [0, 0.05) is 31.2 Å². The predicted octanol–water partition coefficient (Wildman–Crippen LogP) is 3.03. The number of primary amides is 1. The van der Waals surface area contributed by atoms with Crippen molar-refractivity contribution in [1.82, 2.24) is 19.4 Å². The zero-order chi connectivity index (χ0) is 26.2. The van der Waals surface area contributed by atoms with Crippen LogP contribution in [-0.2, 0) is 18.3 Å². The highest BCUT2D eigenvalue weighted by molar-refractivity contribution is 6.31. The standard InChI is InChI=1S/C25H31ClN6O4/c1-25(2,3)36-24(35)28-16-9-7-11-31(14-16)23-29-18-12-19(21(27)33)30(4)22(34)20(18)32(23)13-15-8-5-6-10-17(15)26/h5-6,8,10,12,16H,7,9,11,13-14H2,1-4H3,(H2,27,33)(H,28,35)/t16-/m1/s1. The van der Waals surface area contributed by atoms with E-state index in [1.54, 1.807) is 6.07 Å². The number of amides is 2. The summed E-state index contributed by atoms with van der Waals surface area (Å²) in [6.07, 6.45) is 1.12. The summed E-state index contributed by atoms with van der Waals surface area (Å²) in [5.74, 6) is -0.155. The Morgan fingerprint density at radius 2 is 2.00 bits per heavy atom. The number of pyridine rings is 1. The molecule has 1 saturated heterocycles. The number of imidazole rings is 1. The monoisotopic (exact) mass is 514 g/mol. The lowest BCUT2D eigenvalue weighted by Gasteiger charge is -2.34. The topological polar surface area (TPSA) is 124 Å². The van der Waals surface area contributed by atoms with Gasteiger partial charge in [-0.3, -0.25) is 9.59 Å². The smallest absolute Gasteiger partial charge is 0.407 e. The molecule has 1 aliphatic heterocycles. The number of piperidine rings is 1. The summed E-state index contributed by atoms with van der Waals surface area (Å²) in [4.78, 5) is 44.5. The number of nitrogens with one attached hydrogen (secondary N) is 1. The predicted molar refractivity (Wildman–Crippen MR) is 139 cm³/mol. The summed E-state index contributed by atoms with van der Waals surface area (Å²) in [6.45, 7) is 6.92. The molecule has 3 aromatic rings. The fourth-order valence-electron chi connectivity index (χ4n) is 4.45. The molecule has 1 aromatic carbocycles. The van der Waals surface area contributed by atoms with Crippen molar-refractivity contribution >= 4 is 40.6 Å². The summed E-state index contributed by atoms with van der Waals surface area (Å²) in [6, 6.07) is 8.78. The first-order chi connectivity index (χ1) is 16.9. The maximum absolute atomic E-state index is 13.4. The first-order valence-electron chi connectivity index (χ1n) is 11.8. The van der Waals surface area contributed by atoms with Crippen LogP contribution >= 0.6 is 11.6 Å². The number of anilines is 1. The average molecular weight is 515 g/mol. The molecule has 0 unspecified atom stereocenters. The van der Waals surface area contributed by atoms with E-state index >= 15 is 0 Å². The molecule has 1 atom stereocenters. The van der Waals surface area contributed by atoms with Crippen LogP contribution in [0.15, 0.2) is 35.1 Å². The summed E-state index contributed by atoms with van der Waals surface area (Å²) < 4.78 is 8.48. The molecule has 0 bridgehead atoms. The van der Waals surface area contributed by atoms with Gasteiger partial charge in [-0.2, -0.15) is 0 Å². The molecule has 0 aliphatic carbocycles. The van der Waals surface area contributed by atoms with E-state index in [-0.39, 0.29) is 17.3 Å². The number of halogens is 1. The molecular formula is C25H31ClN6O4. The summed E-state index contributed by atoms with van der Waals surface area (Å²) in [7, 11) is 1.51. The maximum Gasteiger partial charge on any atom is 0.407 e. The number of rotatable bonds is 5. The number of fused-ring (bicyclic) bond motifs is 1. The fraction of sp³-hybridized carbons (Fsp3) is 0.440. The van der Waals surface area contributed by atoms with Gasteiger partial charge in [0.25, 0.3) is 11.5 Å². The van der Waals surface area contributed by atoms with E-state index < -0.39 is 17.6 Å². The van der Waals surface area contributed by atoms with Gasteiger partial charge in [0.05, 0.1) is 12.1 Å². The Bertz CT molecular complexity index is 1370. The molecule has 1 aliphatic rings. The Hall–Kier alpha value is -3.53. The van der Waals surface area contributed by atoms with Crippen LogP contribution in [-0.4, -0.2) is 50.9 Å². The SMILES string of the molecule is Cn1c(C(N)=O)cc2nc(N3CCC[C@@H](NC(=O)OC(C)(C)C)C3)n(Cc3ccccc3Cl)c2c1=O. The molecule has 192 valence electrons.